The predicted octanol–water partition coefficient (Wildman–Crippen LogP) is 5.20. The third-order valence-electron chi connectivity index (χ3n) is 6.76. The lowest BCUT2D eigenvalue weighted by Gasteiger charge is -2.34. The number of fused-ring (bicyclic) bond motifs is 1. The Labute approximate surface area is 178 Å². The van der Waals surface area contributed by atoms with Crippen LogP contribution in [0.25, 0.3) is 11.0 Å². The van der Waals surface area contributed by atoms with Gasteiger partial charge in [-0.15, -0.1) is 0 Å². The van der Waals surface area contributed by atoms with Gasteiger partial charge < -0.3 is 14.4 Å². The number of benzene rings is 2. The van der Waals surface area contributed by atoms with Crippen molar-refractivity contribution in [3.63, 3.8) is 0 Å². The van der Waals surface area contributed by atoms with Gasteiger partial charge in [0.2, 0.25) is 0 Å². The second-order valence-electron chi connectivity index (χ2n) is 8.66. The van der Waals surface area contributed by atoms with E-state index in [1.54, 1.807) is 0 Å². The molecule has 1 aromatic heterocycles. The second-order valence-corrected chi connectivity index (χ2v) is 8.66. The van der Waals surface area contributed by atoms with Gasteiger partial charge in [-0.25, -0.2) is 0 Å². The van der Waals surface area contributed by atoms with Gasteiger partial charge in [-0.05, 0) is 69.1 Å². The van der Waals surface area contributed by atoms with Crippen LogP contribution < -0.4 is 0 Å². The highest BCUT2D eigenvalue weighted by molar-refractivity contribution is 5.99. The van der Waals surface area contributed by atoms with Gasteiger partial charge in [-0.2, -0.15) is 0 Å². The molecule has 4 rings (SSSR count). The van der Waals surface area contributed by atoms with Gasteiger partial charge >= 0.3 is 0 Å². The number of hydrogen-bond acceptors (Lipinski definition) is 3. The smallest absolute Gasteiger partial charge is 0.289 e. The van der Waals surface area contributed by atoms with E-state index >= 15 is 0 Å². The summed E-state index contributed by atoms with van der Waals surface area (Å²) in [4.78, 5) is 15.0. The molecule has 2 heterocycles. The molecule has 1 aliphatic heterocycles. The molecule has 4 nitrogen and oxygen atoms in total. The first-order chi connectivity index (χ1) is 14.5. The molecule has 2 aromatic carbocycles. The average Bonchev–Trinajstić information content (AvgIpc) is 3.12. The Morgan fingerprint density at radius 2 is 1.77 bits per heavy atom. The van der Waals surface area contributed by atoms with Gasteiger partial charge in [0.15, 0.2) is 5.76 Å². The number of carbonyl (C=O) groups is 1. The van der Waals surface area contributed by atoms with Gasteiger partial charge in [0.1, 0.15) is 5.58 Å². The molecule has 158 valence electrons. The number of hydrogen-bond donors (Lipinski definition) is 1. The highest BCUT2D eigenvalue weighted by atomic mass is 16.3. The van der Waals surface area contributed by atoms with Crippen LogP contribution in [0.5, 0.6) is 0 Å². The number of aliphatic hydroxyl groups is 1. The number of amides is 1. The van der Waals surface area contributed by atoms with Crippen molar-refractivity contribution in [3.05, 3.63) is 70.5 Å². The van der Waals surface area contributed by atoms with Gasteiger partial charge in [-0.1, -0.05) is 42.5 Å². The summed E-state index contributed by atoms with van der Waals surface area (Å²) in [5.41, 5.74) is 5.26. The molecule has 0 radical (unpaired) electrons. The number of furan rings is 1. The summed E-state index contributed by atoms with van der Waals surface area (Å²) in [6, 6.07) is 14.4. The lowest BCUT2D eigenvalue weighted by molar-refractivity contribution is 0.0419. The van der Waals surface area contributed by atoms with Crippen LogP contribution >= 0.6 is 0 Å². The monoisotopic (exact) mass is 405 g/mol. The van der Waals surface area contributed by atoms with Crippen molar-refractivity contribution < 1.29 is 14.3 Å². The number of aryl methyl sites for hydroxylation is 4. The molecular formula is C26H31NO3. The van der Waals surface area contributed by atoms with Crippen LogP contribution in [0.2, 0.25) is 0 Å². The third-order valence-corrected chi connectivity index (χ3v) is 6.76. The molecule has 0 saturated carbocycles. The standard InChI is InChI=1S/C26H31NO3/c1-17-9-11-22-19(3)25(30-24(22)18(17)2)26(29)27-15-13-21(14-16-27)23(28)12-10-20-7-5-4-6-8-20/h4-9,11,21,23,28H,10,12-16H2,1-3H3. The van der Waals surface area contributed by atoms with Crippen molar-refractivity contribution >= 4 is 16.9 Å². The van der Waals surface area contributed by atoms with Crippen molar-refractivity contribution in [3.8, 4) is 0 Å². The molecule has 0 spiro atoms. The van der Waals surface area contributed by atoms with Gasteiger partial charge in [-0.3, -0.25) is 4.79 Å². The molecular weight excluding hydrogens is 374 g/mol. The lowest BCUT2D eigenvalue weighted by atomic mass is 9.88. The van der Waals surface area contributed by atoms with Crippen LogP contribution in [-0.4, -0.2) is 35.1 Å². The summed E-state index contributed by atoms with van der Waals surface area (Å²) >= 11 is 0. The highest BCUT2D eigenvalue weighted by Gasteiger charge is 2.30. The maximum absolute atomic E-state index is 13.1. The normalized spacial score (nSPS) is 16.2. The van der Waals surface area contributed by atoms with E-state index in [2.05, 4.69) is 25.1 Å². The molecule has 30 heavy (non-hydrogen) atoms. The minimum Gasteiger partial charge on any atom is -0.450 e. The van der Waals surface area contributed by atoms with Gasteiger partial charge in [0.25, 0.3) is 5.91 Å². The fourth-order valence-corrected chi connectivity index (χ4v) is 4.55. The molecule has 1 unspecified atom stereocenters. The molecule has 3 aromatic rings. The van der Waals surface area contributed by atoms with Gasteiger partial charge in [0, 0.05) is 24.0 Å². The van der Waals surface area contributed by atoms with Crippen molar-refractivity contribution in [2.75, 3.05) is 13.1 Å². The van der Waals surface area contributed by atoms with Crippen LogP contribution in [0.4, 0.5) is 0 Å². The zero-order chi connectivity index (χ0) is 21.3. The Morgan fingerprint density at radius 3 is 2.47 bits per heavy atom. The molecule has 1 aliphatic rings. The summed E-state index contributed by atoms with van der Waals surface area (Å²) in [6.07, 6.45) is 3.00. The number of likely N-dealkylation sites (tertiary alicyclic amines) is 1. The van der Waals surface area contributed by atoms with E-state index in [1.807, 2.05) is 43.0 Å². The second kappa shape index (κ2) is 8.65. The Morgan fingerprint density at radius 1 is 1.07 bits per heavy atom. The number of carbonyl (C=O) groups excluding carboxylic acids is 1. The minimum atomic E-state index is -0.319. The van der Waals surface area contributed by atoms with E-state index in [9.17, 15) is 9.90 Å². The fraction of sp³-hybridized carbons (Fsp3) is 0.423. The number of piperidine rings is 1. The largest absolute Gasteiger partial charge is 0.450 e. The topological polar surface area (TPSA) is 53.7 Å². The lowest BCUT2D eigenvalue weighted by Crippen LogP contribution is -2.41. The average molecular weight is 406 g/mol. The van der Waals surface area contributed by atoms with E-state index in [-0.39, 0.29) is 17.9 Å². The zero-order valence-electron chi connectivity index (χ0n) is 18.1. The van der Waals surface area contributed by atoms with Crippen LogP contribution in [-0.2, 0) is 6.42 Å². The van der Waals surface area contributed by atoms with Crippen molar-refractivity contribution in [1.29, 1.82) is 0 Å². The van der Waals surface area contributed by atoms with Crippen molar-refractivity contribution in [2.45, 2.75) is 52.6 Å². The number of nitrogens with zero attached hydrogens (tertiary/aromatic N) is 1. The molecule has 1 amide bonds. The van der Waals surface area contributed by atoms with E-state index in [0.29, 0.717) is 18.8 Å². The first kappa shape index (κ1) is 20.7. The maximum Gasteiger partial charge on any atom is 0.289 e. The summed E-state index contributed by atoms with van der Waals surface area (Å²) in [7, 11) is 0. The van der Waals surface area contributed by atoms with Gasteiger partial charge in [0.05, 0.1) is 6.10 Å². The minimum absolute atomic E-state index is 0.0296. The molecule has 0 bridgehead atoms. The molecule has 1 atom stereocenters. The fourth-order valence-electron chi connectivity index (χ4n) is 4.55. The molecule has 4 heteroatoms. The predicted molar refractivity (Wildman–Crippen MR) is 120 cm³/mol. The SMILES string of the molecule is Cc1ccc2c(C)c(C(=O)N3CCC(C(O)CCc4ccccc4)CC3)oc2c1C. The van der Waals surface area contributed by atoms with Crippen LogP contribution in [0.15, 0.2) is 46.9 Å². The van der Waals surface area contributed by atoms with Crippen LogP contribution in [0, 0.1) is 26.7 Å². The first-order valence-corrected chi connectivity index (χ1v) is 11.0. The van der Waals surface area contributed by atoms with E-state index < -0.39 is 0 Å². The molecule has 1 N–H and O–H groups in total. The summed E-state index contributed by atoms with van der Waals surface area (Å²) in [6.45, 7) is 7.40. The van der Waals surface area contributed by atoms with Crippen molar-refractivity contribution in [1.82, 2.24) is 4.90 Å². The molecule has 1 fully saturated rings. The third kappa shape index (κ3) is 4.01. The Hall–Kier alpha value is -2.59. The zero-order valence-corrected chi connectivity index (χ0v) is 18.1. The quantitative estimate of drug-likeness (QED) is 0.634. The maximum atomic E-state index is 13.1. The summed E-state index contributed by atoms with van der Waals surface area (Å²) in [5.74, 6) is 0.680. The van der Waals surface area contributed by atoms with E-state index in [4.69, 9.17) is 4.42 Å². The number of aliphatic hydroxyl groups excluding tert-OH is 1. The van der Waals surface area contributed by atoms with Crippen molar-refractivity contribution in [2.24, 2.45) is 5.92 Å². The Kier molecular flexibility index (Phi) is 5.96. The van der Waals surface area contributed by atoms with Crippen LogP contribution in [0.1, 0.15) is 52.1 Å². The highest BCUT2D eigenvalue weighted by Crippen LogP contribution is 2.31. The van der Waals surface area contributed by atoms with Crippen LogP contribution in [0.3, 0.4) is 0 Å². The number of rotatable bonds is 5. The summed E-state index contributed by atoms with van der Waals surface area (Å²) in [5, 5.41) is 11.7. The Bertz CT molecular complexity index is 1030. The first-order valence-electron chi connectivity index (χ1n) is 11.0. The van der Waals surface area contributed by atoms with E-state index in [0.717, 1.165) is 47.8 Å². The summed E-state index contributed by atoms with van der Waals surface area (Å²) < 4.78 is 6.05. The molecule has 0 aliphatic carbocycles. The Balaban J connectivity index is 1.38. The van der Waals surface area contributed by atoms with E-state index in [1.165, 1.54) is 11.1 Å². The molecule has 1 saturated heterocycles.